The van der Waals surface area contributed by atoms with Crippen LogP contribution in [0.5, 0.6) is 5.75 Å². The fraction of sp³-hybridized carbons (Fsp3) is 0.154. The van der Waals surface area contributed by atoms with Crippen molar-refractivity contribution in [2.45, 2.75) is 6.42 Å². The van der Waals surface area contributed by atoms with Crippen molar-refractivity contribution in [2.24, 2.45) is 0 Å². The van der Waals surface area contributed by atoms with E-state index in [0.29, 0.717) is 0 Å². The van der Waals surface area contributed by atoms with E-state index in [1.54, 1.807) is 18.4 Å². The summed E-state index contributed by atoms with van der Waals surface area (Å²) in [6.07, 6.45) is 2.43. The molecule has 2 heterocycles. The fourth-order valence-corrected chi connectivity index (χ4v) is 3.37. The SMILES string of the molecule is COc1ccc2c(c1)-c1nc(-c3ncn[nH]3)sc1C2. The topological polar surface area (TPSA) is 63.7 Å². The first-order valence-corrected chi connectivity index (χ1v) is 6.69. The number of thiazole rings is 1. The van der Waals surface area contributed by atoms with E-state index in [4.69, 9.17) is 4.74 Å². The normalized spacial score (nSPS) is 12.3. The maximum absolute atomic E-state index is 5.28. The van der Waals surface area contributed by atoms with E-state index in [1.165, 1.54) is 16.8 Å². The lowest BCUT2D eigenvalue weighted by Gasteiger charge is -2.03. The van der Waals surface area contributed by atoms with Crippen LogP contribution in [0.2, 0.25) is 0 Å². The van der Waals surface area contributed by atoms with Crippen molar-refractivity contribution in [3.05, 3.63) is 35.0 Å². The van der Waals surface area contributed by atoms with Gasteiger partial charge < -0.3 is 4.74 Å². The Balaban J connectivity index is 1.84. The second kappa shape index (κ2) is 3.89. The molecule has 0 fully saturated rings. The van der Waals surface area contributed by atoms with E-state index in [2.05, 4.69) is 26.2 Å². The number of aromatic amines is 1. The molecular weight excluding hydrogens is 260 g/mol. The summed E-state index contributed by atoms with van der Waals surface area (Å²) < 4.78 is 5.28. The molecule has 5 nitrogen and oxygen atoms in total. The van der Waals surface area contributed by atoms with E-state index >= 15 is 0 Å². The lowest BCUT2D eigenvalue weighted by atomic mass is 10.1. The Kier molecular flexibility index (Phi) is 2.19. The number of nitrogens with one attached hydrogen (secondary N) is 1. The third-order valence-corrected chi connectivity index (χ3v) is 4.30. The summed E-state index contributed by atoms with van der Waals surface area (Å²) in [6, 6.07) is 6.15. The van der Waals surface area contributed by atoms with Gasteiger partial charge in [-0.1, -0.05) is 6.07 Å². The number of ether oxygens (including phenoxy) is 1. The zero-order valence-corrected chi connectivity index (χ0v) is 11.0. The van der Waals surface area contributed by atoms with Crippen LogP contribution in [0, 0.1) is 0 Å². The molecule has 0 amide bonds. The molecule has 0 bridgehead atoms. The number of rotatable bonds is 2. The summed E-state index contributed by atoms with van der Waals surface area (Å²) in [5, 5.41) is 7.60. The highest BCUT2D eigenvalue weighted by atomic mass is 32.1. The van der Waals surface area contributed by atoms with Crippen molar-refractivity contribution in [3.8, 4) is 27.8 Å². The first-order valence-electron chi connectivity index (χ1n) is 5.88. The molecule has 4 rings (SSSR count). The van der Waals surface area contributed by atoms with Crippen molar-refractivity contribution in [3.63, 3.8) is 0 Å². The largest absolute Gasteiger partial charge is 0.497 e. The third kappa shape index (κ3) is 1.57. The van der Waals surface area contributed by atoms with Gasteiger partial charge in [0.1, 0.15) is 12.1 Å². The number of benzene rings is 1. The van der Waals surface area contributed by atoms with Gasteiger partial charge in [0.15, 0.2) is 10.8 Å². The molecule has 2 aromatic heterocycles. The average Bonchev–Trinajstić information content (AvgIpc) is 3.12. The summed E-state index contributed by atoms with van der Waals surface area (Å²) in [5.41, 5.74) is 3.51. The second-order valence-corrected chi connectivity index (χ2v) is 5.41. The van der Waals surface area contributed by atoms with Crippen molar-refractivity contribution >= 4 is 11.3 Å². The van der Waals surface area contributed by atoms with Crippen LogP contribution < -0.4 is 4.74 Å². The zero-order valence-electron chi connectivity index (χ0n) is 10.2. The lowest BCUT2D eigenvalue weighted by molar-refractivity contribution is 0.415. The van der Waals surface area contributed by atoms with Gasteiger partial charge in [0, 0.05) is 16.9 Å². The molecule has 6 heteroatoms. The minimum Gasteiger partial charge on any atom is -0.497 e. The number of H-pyrrole nitrogens is 1. The predicted octanol–water partition coefficient (Wildman–Crippen LogP) is 2.51. The van der Waals surface area contributed by atoms with Gasteiger partial charge >= 0.3 is 0 Å². The zero-order chi connectivity index (χ0) is 12.8. The molecule has 1 aliphatic rings. The average molecular weight is 270 g/mol. The summed E-state index contributed by atoms with van der Waals surface area (Å²) >= 11 is 1.66. The quantitative estimate of drug-likeness (QED) is 0.608. The number of hydrogen-bond acceptors (Lipinski definition) is 5. The molecule has 1 aliphatic carbocycles. The van der Waals surface area contributed by atoms with Crippen molar-refractivity contribution in [1.29, 1.82) is 0 Å². The Morgan fingerprint density at radius 2 is 2.32 bits per heavy atom. The van der Waals surface area contributed by atoms with Gasteiger partial charge in [0.25, 0.3) is 0 Å². The van der Waals surface area contributed by atoms with Crippen molar-refractivity contribution in [2.75, 3.05) is 7.11 Å². The van der Waals surface area contributed by atoms with Crippen LogP contribution in [0.1, 0.15) is 10.4 Å². The Bertz CT molecular complexity index is 748. The van der Waals surface area contributed by atoms with E-state index in [-0.39, 0.29) is 0 Å². The van der Waals surface area contributed by atoms with Crippen molar-refractivity contribution in [1.82, 2.24) is 20.2 Å². The summed E-state index contributed by atoms with van der Waals surface area (Å²) in [6.45, 7) is 0. The van der Waals surface area contributed by atoms with Gasteiger partial charge in [-0.2, -0.15) is 5.10 Å². The molecule has 0 radical (unpaired) electrons. The van der Waals surface area contributed by atoms with E-state index < -0.39 is 0 Å². The molecule has 1 N–H and O–H groups in total. The Hall–Kier alpha value is -2.21. The molecule has 0 saturated heterocycles. The highest BCUT2D eigenvalue weighted by Gasteiger charge is 2.24. The van der Waals surface area contributed by atoms with Crippen LogP contribution in [0.25, 0.3) is 22.1 Å². The Morgan fingerprint density at radius 3 is 3.11 bits per heavy atom. The van der Waals surface area contributed by atoms with Gasteiger partial charge in [0.05, 0.1) is 12.8 Å². The van der Waals surface area contributed by atoms with Crippen LogP contribution in [0.3, 0.4) is 0 Å². The van der Waals surface area contributed by atoms with Gasteiger partial charge in [-0.05, 0) is 17.7 Å². The minimum atomic E-state index is 0.726. The third-order valence-electron chi connectivity index (χ3n) is 3.24. The highest BCUT2D eigenvalue weighted by molar-refractivity contribution is 7.15. The first-order chi connectivity index (χ1) is 9.35. The maximum Gasteiger partial charge on any atom is 0.184 e. The van der Waals surface area contributed by atoms with E-state index in [9.17, 15) is 0 Å². The molecule has 0 spiro atoms. The molecule has 3 aromatic rings. The van der Waals surface area contributed by atoms with Gasteiger partial charge in [0.2, 0.25) is 0 Å². The van der Waals surface area contributed by atoms with Gasteiger partial charge in [-0.3, -0.25) is 5.10 Å². The van der Waals surface area contributed by atoms with Crippen LogP contribution in [-0.2, 0) is 6.42 Å². The lowest BCUT2D eigenvalue weighted by Crippen LogP contribution is -1.86. The highest BCUT2D eigenvalue weighted by Crippen LogP contribution is 2.42. The molecule has 0 unspecified atom stereocenters. The molecule has 0 aliphatic heterocycles. The van der Waals surface area contributed by atoms with Crippen LogP contribution in [-0.4, -0.2) is 27.3 Å². The number of aromatic nitrogens is 4. The van der Waals surface area contributed by atoms with Crippen molar-refractivity contribution < 1.29 is 4.74 Å². The molecule has 94 valence electrons. The first kappa shape index (κ1) is 10.7. The smallest absolute Gasteiger partial charge is 0.184 e. The summed E-state index contributed by atoms with van der Waals surface area (Å²) in [4.78, 5) is 10.1. The van der Waals surface area contributed by atoms with Gasteiger partial charge in [-0.15, -0.1) is 11.3 Å². The number of nitrogens with zero attached hydrogens (tertiary/aromatic N) is 3. The predicted molar refractivity (Wildman–Crippen MR) is 72.3 cm³/mol. The van der Waals surface area contributed by atoms with E-state index in [1.807, 2.05) is 12.1 Å². The summed E-state index contributed by atoms with van der Waals surface area (Å²) in [5.74, 6) is 1.59. The summed E-state index contributed by atoms with van der Waals surface area (Å²) in [7, 11) is 1.68. The van der Waals surface area contributed by atoms with Crippen LogP contribution >= 0.6 is 11.3 Å². The molecule has 0 saturated carbocycles. The fourth-order valence-electron chi connectivity index (χ4n) is 2.32. The van der Waals surface area contributed by atoms with Gasteiger partial charge in [-0.25, -0.2) is 9.97 Å². The number of hydrogen-bond donors (Lipinski definition) is 1. The molecule has 1 aromatic carbocycles. The monoisotopic (exact) mass is 270 g/mol. The number of methoxy groups -OCH3 is 1. The van der Waals surface area contributed by atoms with Crippen LogP contribution in [0.15, 0.2) is 24.5 Å². The molecule has 0 atom stereocenters. The minimum absolute atomic E-state index is 0.726. The Labute approximate surface area is 113 Å². The van der Waals surface area contributed by atoms with Crippen LogP contribution in [0.4, 0.5) is 0 Å². The van der Waals surface area contributed by atoms with E-state index in [0.717, 1.165) is 34.3 Å². The number of fused-ring (bicyclic) bond motifs is 3. The molecular formula is C13H10N4OS. The molecule has 19 heavy (non-hydrogen) atoms. The Morgan fingerprint density at radius 1 is 1.37 bits per heavy atom. The second-order valence-electron chi connectivity index (χ2n) is 4.32. The standard InChI is InChI=1S/C13H10N4OS/c1-18-8-3-2-7-4-10-11(9(7)5-8)16-13(19-10)12-14-6-15-17-12/h2-3,5-6H,4H2,1H3,(H,14,15,17). The maximum atomic E-state index is 5.28.